The third-order valence-electron chi connectivity index (χ3n) is 2.26. The number of halogens is 2. The first kappa shape index (κ1) is 14.3. The van der Waals surface area contributed by atoms with Crippen molar-refractivity contribution in [2.24, 2.45) is 5.92 Å². The largest absolute Gasteiger partial charge is 0.495 e. The highest BCUT2D eigenvalue weighted by Crippen LogP contribution is 2.34. The van der Waals surface area contributed by atoms with Crippen molar-refractivity contribution in [2.75, 3.05) is 19.0 Å². The van der Waals surface area contributed by atoms with Crippen LogP contribution in [0.5, 0.6) is 5.75 Å². The normalized spacial score (nSPS) is 12.0. The third-order valence-corrected chi connectivity index (χ3v) is 3.54. The second-order valence-electron chi connectivity index (χ2n) is 3.59. The van der Waals surface area contributed by atoms with E-state index >= 15 is 0 Å². The highest BCUT2D eigenvalue weighted by molar-refractivity contribution is 9.11. The Hall–Kier alpha value is -0.750. The van der Waals surface area contributed by atoms with E-state index in [1.807, 2.05) is 12.1 Å². The summed E-state index contributed by atoms with van der Waals surface area (Å²) in [6, 6.07) is 3.66. The van der Waals surface area contributed by atoms with Crippen molar-refractivity contribution in [1.29, 1.82) is 0 Å². The lowest BCUT2D eigenvalue weighted by Crippen LogP contribution is -2.19. The van der Waals surface area contributed by atoms with Gasteiger partial charge in [0.2, 0.25) is 0 Å². The molecule has 0 aromatic heterocycles. The van der Waals surface area contributed by atoms with Gasteiger partial charge in [-0.1, -0.05) is 6.92 Å². The molecule has 1 aromatic rings. The number of carboxylic acid groups (broad SMARTS) is 1. The van der Waals surface area contributed by atoms with Crippen LogP contribution >= 0.6 is 31.9 Å². The maximum atomic E-state index is 10.7. The topological polar surface area (TPSA) is 58.6 Å². The minimum Gasteiger partial charge on any atom is -0.495 e. The molecule has 1 atom stereocenters. The van der Waals surface area contributed by atoms with Crippen molar-refractivity contribution in [3.05, 3.63) is 21.1 Å². The molecule has 94 valence electrons. The number of anilines is 1. The molecule has 1 rings (SSSR count). The van der Waals surface area contributed by atoms with Gasteiger partial charge in [0, 0.05) is 17.1 Å². The van der Waals surface area contributed by atoms with Gasteiger partial charge < -0.3 is 15.2 Å². The maximum Gasteiger partial charge on any atom is 0.308 e. The van der Waals surface area contributed by atoms with Crippen molar-refractivity contribution in [3.63, 3.8) is 0 Å². The predicted molar refractivity (Wildman–Crippen MR) is 73.7 cm³/mol. The number of carboxylic acids is 1. The zero-order valence-corrected chi connectivity index (χ0v) is 12.6. The molecular formula is C11H13Br2NO3. The first-order chi connectivity index (χ1) is 7.95. The van der Waals surface area contributed by atoms with Crippen molar-refractivity contribution < 1.29 is 14.6 Å². The monoisotopic (exact) mass is 365 g/mol. The lowest BCUT2D eigenvalue weighted by atomic mass is 10.2. The highest BCUT2D eigenvalue weighted by atomic mass is 79.9. The number of ether oxygens (including phenoxy) is 1. The molecule has 6 heteroatoms. The molecule has 1 unspecified atom stereocenters. The predicted octanol–water partition coefficient (Wildman–Crippen LogP) is 3.35. The highest BCUT2D eigenvalue weighted by Gasteiger charge is 2.12. The van der Waals surface area contributed by atoms with E-state index in [0.29, 0.717) is 12.3 Å². The molecule has 0 saturated heterocycles. The van der Waals surface area contributed by atoms with E-state index in [0.717, 1.165) is 14.6 Å². The van der Waals surface area contributed by atoms with Crippen LogP contribution in [-0.4, -0.2) is 24.7 Å². The fourth-order valence-electron chi connectivity index (χ4n) is 1.17. The van der Waals surface area contributed by atoms with Gasteiger partial charge in [0.15, 0.2) is 0 Å². The molecule has 0 spiro atoms. The van der Waals surface area contributed by atoms with Gasteiger partial charge in [-0.3, -0.25) is 4.79 Å². The van der Waals surface area contributed by atoms with Crippen molar-refractivity contribution in [1.82, 2.24) is 0 Å². The number of carbonyl (C=O) groups is 1. The first-order valence-electron chi connectivity index (χ1n) is 4.95. The average molecular weight is 367 g/mol. The second-order valence-corrected chi connectivity index (χ2v) is 5.30. The Morgan fingerprint density at radius 3 is 2.65 bits per heavy atom. The average Bonchev–Trinajstić information content (AvgIpc) is 2.27. The molecule has 17 heavy (non-hydrogen) atoms. The Labute approximate surface area is 117 Å². The number of benzene rings is 1. The summed E-state index contributed by atoms with van der Waals surface area (Å²) in [5.41, 5.74) is 0.804. The fraction of sp³-hybridized carbons (Fsp3) is 0.364. The molecule has 0 radical (unpaired) electrons. The van der Waals surface area contributed by atoms with Gasteiger partial charge in [0.25, 0.3) is 0 Å². The van der Waals surface area contributed by atoms with Gasteiger partial charge in [0.05, 0.1) is 23.2 Å². The molecule has 0 aliphatic carbocycles. The Morgan fingerprint density at radius 1 is 1.47 bits per heavy atom. The van der Waals surface area contributed by atoms with Crippen LogP contribution < -0.4 is 10.1 Å². The minimum absolute atomic E-state index is 0.360. The zero-order valence-electron chi connectivity index (χ0n) is 9.46. The van der Waals surface area contributed by atoms with E-state index in [1.54, 1.807) is 14.0 Å². The van der Waals surface area contributed by atoms with Crippen molar-refractivity contribution in [2.45, 2.75) is 6.92 Å². The van der Waals surface area contributed by atoms with Gasteiger partial charge in [-0.2, -0.15) is 0 Å². The van der Waals surface area contributed by atoms with Gasteiger partial charge in [0.1, 0.15) is 5.75 Å². The number of rotatable bonds is 5. The quantitative estimate of drug-likeness (QED) is 0.838. The smallest absolute Gasteiger partial charge is 0.308 e. The lowest BCUT2D eigenvalue weighted by Gasteiger charge is -2.13. The van der Waals surface area contributed by atoms with Gasteiger partial charge in [-0.05, 0) is 37.9 Å². The van der Waals surface area contributed by atoms with Crippen LogP contribution in [0.4, 0.5) is 5.69 Å². The van der Waals surface area contributed by atoms with Crippen LogP contribution in [0.15, 0.2) is 21.1 Å². The van der Waals surface area contributed by atoms with E-state index in [9.17, 15) is 4.79 Å². The summed E-state index contributed by atoms with van der Waals surface area (Å²) in [5.74, 6) is -0.576. The minimum atomic E-state index is -0.822. The molecule has 0 bridgehead atoms. The molecule has 0 fully saturated rings. The Kier molecular flexibility index (Phi) is 5.27. The van der Waals surface area contributed by atoms with Crippen molar-refractivity contribution in [3.8, 4) is 5.75 Å². The molecule has 0 saturated carbocycles. The molecule has 0 aliphatic rings. The van der Waals surface area contributed by atoms with Crippen LogP contribution in [0.2, 0.25) is 0 Å². The summed E-state index contributed by atoms with van der Waals surface area (Å²) in [4.78, 5) is 10.7. The van der Waals surface area contributed by atoms with E-state index in [-0.39, 0.29) is 0 Å². The van der Waals surface area contributed by atoms with Crippen LogP contribution in [0.25, 0.3) is 0 Å². The molecule has 1 aromatic carbocycles. The summed E-state index contributed by atoms with van der Waals surface area (Å²) in [6.45, 7) is 2.01. The maximum absolute atomic E-state index is 10.7. The van der Waals surface area contributed by atoms with E-state index in [4.69, 9.17) is 9.84 Å². The first-order valence-corrected chi connectivity index (χ1v) is 6.54. The molecular weight excluding hydrogens is 354 g/mol. The Balaban J connectivity index is 2.80. The number of aliphatic carboxylic acids is 1. The van der Waals surface area contributed by atoms with Gasteiger partial charge in [-0.25, -0.2) is 0 Å². The van der Waals surface area contributed by atoms with Gasteiger partial charge >= 0.3 is 5.97 Å². The number of nitrogens with one attached hydrogen (secondary N) is 1. The number of hydrogen-bond donors (Lipinski definition) is 2. The summed E-state index contributed by atoms with van der Waals surface area (Å²) < 4.78 is 6.86. The van der Waals surface area contributed by atoms with Crippen LogP contribution in [0.1, 0.15) is 6.92 Å². The summed E-state index contributed by atoms with van der Waals surface area (Å²) >= 11 is 6.77. The van der Waals surface area contributed by atoms with E-state index in [2.05, 4.69) is 37.2 Å². The summed E-state index contributed by atoms with van der Waals surface area (Å²) in [7, 11) is 1.58. The molecule has 0 heterocycles. The molecule has 4 nitrogen and oxygen atoms in total. The summed E-state index contributed by atoms with van der Waals surface area (Å²) in [5, 5.41) is 11.9. The lowest BCUT2D eigenvalue weighted by molar-refractivity contribution is -0.140. The van der Waals surface area contributed by atoms with E-state index < -0.39 is 11.9 Å². The zero-order chi connectivity index (χ0) is 13.0. The fourth-order valence-corrected chi connectivity index (χ4v) is 2.47. The second kappa shape index (κ2) is 6.26. The number of methoxy groups -OCH3 is 1. The number of hydrogen-bond acceptors (Lipinski definition) is 3. The Bertz CT molecular complexity index is 423. The van der Waals surface area contributed by atoms with E-state index in [1.165, 1.54) is 0 Å². The Morgan fingerprint density at radius 2 is 2.12 bits per heavy atom. The third kappa shape index (κ3) is 3.89. The van der Waals surface area contributed by atoms with Crippen molar-refractivity contribution >= 4 is 43.5 Å². The standard InChI is InChI=1S/C11H13Br2NO3/c1-6(11(15)16)5-14-9-4-10(17-2)8(13)3-7(9)12/h3-4,6,14H,5H2,1-2H3,(H,15,16). The SMILES string of the molecule is COc1cc(NCC(C)C(=O)O)c(Br)cc1Br. The van der Waals surface area contributed by atoms with Crippen LogP contribution in [-0.2, 0) is 4.79 Å². The summed E-state index contributed by atoms with van der Waals surface area (Å²) in [6.07, 6.45) is 0. The molecule has 0 aliphatic heterocycles. The van der Waals surface area contributed by atoms with Crippen LogP contribution in [0, 0.1) is 5.92 Å². The van der Waals surface area contributed by atoms with Crippen LogP contribution in [0.3, 0.4) is 0 Å². The molecule has 0 amide bonds. The molecule has 2 N–H and O–H groups in total. The van der Waals surface area contributed by atoms with Gasteiger partial charge in [-0.15, -0.1) is 0 Å².